The number of amidine groups is 2. The van der Waals surface area contributed by atoms with Crippen molar-refractivity contribution in [2.24, 2.45) is 15.0 Å². The van der Waals surface area contributed by atoms with Gasteiger partial charge in [0.1, 0.15) is 29.3 Å². The molecule has 2 aliphatic rings. The fraction of sp³-hybridized carbons (Fsp3) is 0.0364. The lowest BCUT2D eigenvalue weighted by Crippen LogP contribution is -2.33. The van der Waals surface area contributed by atoms with E-state index in [1.165, 1.54) is 0 Å². The fourth-order valence-electron chi connectivity index (χ4n) is 8.32. The maximum absolute atomic E-state index is 6.71. The molecule has 61 heavy (non-hydrogen) atoms. The van der Waals surface area contributed by atoms with Crippen molar-refractivity contribution in [3.8, 4) is 22.3 Å². The zero-order chi connectivity index (χ0) is 40.5. The number of benzene rings is 8. The van der Waals surface area contributed by atoms with E-state index in [9.17, 15) is 0 Å². The minimum Gasteiger partial charge on any atom is -0.455 e. The van der Waals surface area contributed by atoms with Crippen molar-refractivity contribution in [1.29, 1.82) is 0 Å². The highest BCUT2D eigenvalue weighted by Crippen LogP contribution is 2.42. The predicted octanol–water partition coefficient (Wildman–Crippen LogP) is 12.5. The number of furan rings is 1. The van der Waals surface area contributed by atoms with Gasteiger partial charge in [0.05, 0.1) is 5.71 Å². The van der Waals surface area contributed by atoms with Crippen LogP contribution in [0.2, 0.25) is 0 Å². The summed E-state index contributed by atoms with van der Waals surface area (Å²) >= 11 is 0. The number of hydrogen-bond donors (Lipinski definition) is 2. The molecule has 3 heterocycles. The molecule has 0 radical (unpaired) electrons. The molecule has 2 N–H and O–H groups in total. The summed E-state index contributed by atoms with van der Waals surface area (Å²) in [5.74, 6) is 1.47. The summed E-state index contributed by atoms with van der Waals surface area (Å²) in [7, 11) is 0. The van der Waals surface area contributed by atoms with E-state index < -0.39 is 0 Å². The van der Waals surface area contributed by atoms with Crippen molar-refractivity contribution in [2.45, 2.75) is 12.3 Å². The van der Waals surface area contributed by atoms with E-state index in [2.05, 4.69) is 162 Å². The summed E-state index contributed by atoms with van der Waals surface area (Å²) < 4.78 is 6.71. The first-order valence-electron chi connectivity index (χ1n) is 20.6. The number of allylic oxidation sites excluding steroid dienone is 1. The van der Waals surface area contributed by atoms with Crippen molar-refractivity contribution in [3.05, 3.63) is 246 Å². The molecule has 0 saturated heterocycles. The number of aliphatic imine (C=N–C) groups is 3. The SMILES string of the molecule is C1=C(c2ccccc2)NC(c2ccc(-c3ccc4c(oc5ccccc54)c3-c3ccc(C4=NC(c5ccccc5)NC(c5ccccc5)=N4)cc3)cc2)N=C1c1ccccc1. The largest absolute Gasteiger partial charge is 0.455 e. The van der Waals surface area contributed by atoms with E-state index in [1.54, 1.807) is 0 Å². The summed E-state index contributed by atoms with van der Waals surface area (Å²) in [4.78, 5) is 15.4. The van der Waals surface area contributed by atoms with Gasteiger partial charge in [-0.3, -0.25) is 4.99 Å². The van der Waals surface area contributed by atoms with Gasteiger partial charge in [0, 0.05) is 33.2 Å². The van der Waals surface area contributed by atoms with E-state index in [1.807, 2.05) is 60.7 Å². The second-order valence-electron chi connectivity index (χ2n) is 15.3. The smallest absolute Gasteiger partial charge is 0.159 e. The van der Waals surface area contributed by atoms with Gasteiger partial charge in [-0.2, -0.15) is 0 Å². The average Bonchev–Trinajstić information content (AvgIpc) is 3.73. The van der Waals surface area contributed by atoms with Crippen LogP contribution in [0.15, 0.2) is 232 Å². The van der Waals surface area contributed by atoms with Gasteiger partial charge >= 0.3 is 0 Å². The molecular formula is C55H39N5O. The van der Waals surface area contributed by atoms with Gasteiger partial charge in [0.15, 0.2) is 5.84 Å². The van der Waals surface area contributed by atoms with Crippen LogP contribution in [0.5, 0.6) is 0 Å². The van der Waals surface area contributed by atoms with Crippen LogP contribution in [0.4, 0.5) is 0 Å². The van der Waals surface area contributed by atoms with Gasteiger partial charge in [-0.15, -0.1) is 0 Å². The molecule has 2 aliphatic heterocycles. The third-order valence-corrected chi connectivity index (χ3v) is 11.4. The number of nitrogens with one attached hydrogen (secondary N) is 2. The van der Waals surface area contributed by atoms with Crippen molar-refractivity contribution in [2.75, 3.05) is 0 Å². The Morgan fingerprint density at radius 3 is 1.70 bits per heavy atom. The number of nitrogens with zero attached hydrogens (tertiary/aromatic N) is 3. The maximum Gasteiger partial charge on any atom is 0.159 e. The molecule has 290 valence electrons. The zero-order valence-corrected chi connectivity index (χ0v) is 33.1. The Bertz CT molecular complexity index is 3150. The lowest BCUT2D eigenvalue weighted by molar-refractivity contribution is 0.664. The van der Waals surface area contributed by atoms with Gasteiger partial charge in [-0.05, 0) is 57.2 Å². The van der Waals surface area contributed by atoms with Gasteiger partial charge in [-0.1, -0.05) is 194 Å². The quantitative estimate of drug-likeness (QED) is 0.161. The molecule has 6 nitrogen and oxygen atoms in total. The summed E-state index contributed by atoms with van der Waals surface area (Å²) in [6, 6.07) is 71.3. The molecule has 1 aromatic heterocycles. The molecule has 2 unspecified atom stereocenters. The molecule has 11 rings (SSSR count). The predicted molar refractivity (Wildman–Crippen MR) is 250 cm³/mol. The third-order valence-electron chi connectivity index (χ3n) is 11.4. The Hall–Kier alpha value is -8.09. The van der Waals surface area contributed by atoms with Crippen LogP contribution in [0.3, 0.4) is 0 Å². The lowest BCUT2D eigenvalue weighted by Gasteiger charge is -2.25. The average molecular weight is 786 g/mol. The monoisotopic (exact) mass is 785 g/mol. The minimum atomic E-state index is -0.275. The minimum absolute atomic E-state index is 0.265. The second kappa shape index (κ2) is 15.6. The van der Waals surface area contributed by atoms with Crippen molar-refractivity contribution in [1.82, 2.24) is 10.6 Å². The van der Waals surface area contributed by atoms with Crippen LogP contribution in [0, 0.1) is 0 Å². The first-order valence-corrected chi connectivity index (χ1v) is 20.6. The van der Waals surface area contributed by atoms with Gasteiger partial charge in [-0.25, -0.2) is 9.98 Å². The van der Waals surface area contributed by atoms with Crippen LogP contribution in [0.1, 0.15) is 45.7 Å². The van der Waals surface area contributed by atoms with Crippen LogP contribution in [0.25, 0.3) is 49.9 Å². The van der Waals surface area contributed by atoms with Crippen LogP contribution < -0.4 is 10.6 Å². The van der Waals surface area contributed by atoms with Gasteiger partial charge in [0.25, 0.3) is 0 Å². The van der Waals surface area contributed by atoms with E-state index in [-0.39, 0.29) is 12.3 Å². The summed E-state index contributed by atoms with van der Waals surface area (Å²) in [6.07, 6.45) is 1.60. The molecule has 8 aromatic carbocycles. The van der Waals surface area contributed by atoms with E-state index in [4.69, 9.17) is 19.4 Å². The van der Waals surface area contributed by atoms with Gasteiger partial charge in [0.2, 0.25) is 0 Å². The molecule has 0 spiro atoms. The summed E-state index contributed by atoms with van der Waals surface area (Å²) in [5.41, 5.74) is 14.2. The van der Waals surface area contributed by atoms with Gasteiger partial charge < -0.3 is 15.1 Å². The molecule has 0 aliphatic carbocycles. The van der Waals surface area contributed by atoms with Crippen molar-refractivity contribution < 1.29 is 4.42 Å². The molecular weight excluding hydrogens is 747 g/mol. The standard InChI is InChI=1S/C55H39N5O/c1-5-15-37(16-6-1)47-35-48(38-17-7-2-8-18-38)57-52(56-47)42-29-25-36(26-30-42)44-33-34-46-45-23-13-14-24-49(45)61-51(46)50(44)39-27-31-43(32-28-39)55-59-53(40-19-9-3-10-20-40)58-54(60-55)41-21-11-4-12-22-41/h1-35,52-53,56H,(H,58,59,60). The number of fused-ring (bicyclic) bond motifs is 3. The Kier molecular flexibility index (Phi) is 9.20. The van der Waals surface area contributed by atoms with Crippen LogP contribution in [-0.4, -0.2) is 17.4 Å². The Labute approximate surface area is 354 Å². The highest BCUT2D eigenvalue weighted by molar-refractivity contribution is 6.15. The highest BCUT2D eigenvalue weighted by atomic mass is 16.3. The van der Waals surface area contributed by atoms with Crippen molar-refractivity contribution >= 4 is 45.0 Å². The van der Waals surface area contributed by atoms with E-state index in [0.717, 1.165) is 94.8 Å². The number of para-hydroxylation sites is 1. The fourth-order valence-corrected chi connectivity index (χ4v) is 8.32. The third kappa shape index (κ3) is 7.00. The lowest BCUT2D eigenvalue weighted by atomic mass is 9.91. The maximum atomic E-state index is 6.71. The Morgan fingerprint density at radius 2 is 0.984 bits per heavy atom. The topological polar surface area (TPSA) is 74.3 Å². The summed E-state index contributed by atoms with van der Waals surface area (Å²) in [5, 5.41) is 9.45. The van der Waals surface area contributed by atoms with Crippen LogP contribution >= 0.6 is 0 Å². The molecule has 6 heteroatoms. The Balaban J connectivity index is 0.981. The molecule has 0 saturated carbocycles. The highest BCUT2D eigenvalue weighted by Gasteiger charge is 2.24. The normalized spacial score (nSPS) is 16.2. The first kappa shape index (κ1) is 36.0. The van der Waals surface area contributed by atoms with E-state index >= 15 is 0 Å². The molecule has 0 fully saturated rings. The zero-order valence-electron chi connectivity index (χ0n) is 33.1. The molecule has 2 atom stereocenters. The second-order valence-corrected chi connectivity index (χ2v) is 15.3. The summed E-state index contributed by atoms with van der Waals surface area (Å²) in [6.45, 7) is 0. The molecule has 0 amide bonds. The molecule has 9 aromatic rings. The van der Waals surface area contributed by atoms with E-state index in [0.29, 0.717) is 5.84 Å². The number of rotatable bonds is 8. The number of hydrogen-bond acceptors (Lipinski definition) is 6. The van der Waals surface area contributed by atoms with Crippen LogP contribution in [-0.2, 0) is 0 Å². The first-order chi connectivity index (χ1) is 30.2. The van der Waals surface area contributed by atoms with Crippen molar-refractivity contribution in [3.63, 3.8) is 0 Å². The Morgan fingerprint density at radius 1 is 0.410 bits per heavy atom. The molecule has 0 bridgehead atoms.